The van der Waals surface area contributed by atoms with Crippen molar-refractivity contribution in [1.82, 2.24) is 10.5 Å². The van der Waals surface area contributed by atoms with Crippen molar-refractivity contribution in [3.8, 4) is 11.3 Å². The molecule has 19 heavy (non-hydrogen) atoms. The second kappa shape index (κ2) is 4.88. The topological polar surface area (TPSA) is 55.1 Å². The van der Waals surface area contributed by atoms with Gasteiger partial charge < -0.3 is 9.84 Å². The zero-order valence-electron chi connectivity index (χ0n) is 11.7. The average Bonchev–Trinajstić information content (AvgIpc) is 2.77. The number of hydrogen-bond acceptors (Lipinski definition) is 3. The molecule has 0 aliphatic rings. The largest absolute Gasteiger partial charge is 0.350 e. The number of carbonyl (C=O) groups excluding carboxylic acids is 1. The zero-order valence-corrected chi connectivity index (χ0v) is 11.7. The maximum atomic E-state index is 11.9. The molecule has 0 spiro atoms. The maximum absolute atomic E-state index is 11.9. The van der Waals surface area contributed by atoms with Crippen molar-refractivity contribution < 1.29 is 9.32 Å². The highest BCUT2D eigenvalue weighted by molar-refractivity contribution is 5.92. The van der Waals surface area contributed by atoms with Crippen LogP contribution in [0.5, 0.6) is 0 Å². The van der Waals surface area contributed by atoms with E-state index in [0.29, 0.717) is 5.69 Å². The highest BCUT2D eigenvalue weighted by Crippen LogP contribution is 2.19. The predicted molar refractivity (Wildman–Crippen MR) is 73.9 cm³/mol. The molecule has 0 radical (unpaired) electrons. The van der Waals surface area contributed by atoms with Gasteiger partial charge in [0.15, 0.2) is 0 Å². The Bertz CT molecular complexity index is 577. The third-order valence-electron chi connectivity index (χ3n) is 2.57. The maximum Gasteiger partial charge on any atom is 0.290 e. The molecule has 1 heterocycles. The molecule has 0 unspecified atom stereocenters. The summed E-state index contributed by atoms with van der Waals surface area (Å²) in [5, 5.41) is 6.77. The van der Waals surface area contributed by atoms with Crippen LogP contribution in [0.1, 0.15) is 36.9 Å². The Hall–Kier alpha value is -2.10. The fourth-order valence-electron chi connectivity index (χ4n) is 1.64. The summed E-state index contributed by atoms with van der Waals surface area (Å²) in [7, 11) is 0. The van der Waals surface area contributed by atoms with Gasteiger partial charge in [-0.3, -0.25) is 4.79 Å². The third kappa shape index (κ3) is 3.44. The zero-order chi connectivity index (χ0) is 14.0. The molecule has 1 N–H and O–H groups in total. The van der Waals surface area contributed by atoms with Gasteiger partial charge in [-0.2, -0.15) is 0 Å². The minimum atomic E-state index is -0.298. The molecule has 1 aromatic carbocycles. The van der Waals surface area contributed by atoms with Crippen LogP contribution in [-0.4, -0.2) is 16.6 Å². The first-order valence-corrected chi connectivity index (χ1v) is 6.21. The monoisotopic (exact) mass is 258 g/mol. The Morgan fingerprint density at radius 1 is 1.21 bits per heavy atom. The SMILES string of the molecule is Cc1ccc(-c2cc(C(=O)NC(C)(C)C)on2)cc1. The van der Waals surface area contributed by atoms with Gasteiger partial charge in [0.05, 0.1) is 0 Å². The van der Waals surface area contributed by atoms with Gasteiger partial charge in [-0.15, -0.1) is 0 Å². The first-order valence-electron chi connectivity index (χ1n) is 6.21. The summed E-state index contributed by atoms with van der Waals surface area (Å²) in [4.78, 5) is 11.9. The Morgan fingerprint density at radius 2 is 1.84 bits per heavy atom. The lowest BCUT2D eigenvalue weighted by molar-refractivity contribution is 0.0882. The predicted octanol–water partition coefficient (Wildman–Crippen LogP) is 3.18. The number of benzene rings is 1. The van der Waals surface area contributed by atoms with Crippen LogP contribution in [0.25, 0.3) is 11.3 Å². The van der Waals surface area contributed by atoms with Gasteiger partial charge in [-0.05, 0) is 27.7 Å². The smallest absolute Gasteiger partial charge is 0.290 e. The minimum Gasteiger partial charge on any atom is -0.350 e. The molecular weight excluding hydrogens is 240 g/mol. The fourth-order valence-corrected chi connectivity index (χ4v) is 1.64. The average molecular weight is 258 g/mol. The van der Waals surface area contributed by atoms with Crippen molar-refractivity contribution >= 4 is 5.91 Å². The number of nitrogens with zero attached hydrogens (tertiary/aromatic N) is 1. The molecule has 4 heteroatoms. The van der Waals surface area contributed by atoms with Crippen molar-refractivity contribution in [3.05, 3.63) is 41.7 Å². The van der Waals surface area contributed by atoms with Crippen LogP contribution in [0.2, 0.25) is 0 Å². The van der Waals surface area contributed by atoms with Crippen LogP contribution in [0.4, 0.5) is 0 Å². The summed E-state index contributed by atoms with van der Waals surface area (Å²) in [6, 6.07) is 9.57. The summed E-state index contributed by atoms with van der Waals surface area (Å²) in [6.07, 6.45) is 0. The first-order chi connectivity index (χ1) is 8.85. The van der Waals surface area contributed by atoms with Gasteiger partial charge in [0.2, 0.25) is 5.76 Å². The van der Waals surface area contributed by atoms with Gasteiger partial charge in [0.1, 0.15) is 5.69 Å². The van der Waals surface area contributed by atoms with E-state index in [2.05, 4.69) is 10.5 Å². The van der Waals surface area contributed by atoms with Gasteiger partial charge in [-0.1, -0.05) is 35.0 Å². The van der Waals surface area contributed by atoms with E-state index in [1.54, 1.807) is 6.07 Å². The summed E-state index contributed by atoms with van der Waals surface area (Å²) in [5.41, 5.74) is 2.48. The van der Waals surface area contributed by atoms with Crippen LogP contribution in [-0.2, 0) is 0 Å². The van der Waals surface area contributed by atoms with E-state index < -0.39 is 0 Å². The van der Waals surface area contributed by atoms with Crippen LogP contribution in [0.3, 0.4) is 0 Å². The van der Waals surface area contributed by atoms with E-state index in [9.17, 15) is 4.79 Å². The lowest BCUT2D eigenvalue weighted by atomic mass is 10.1. The van der Waals surface area contributed by atoms with Gasteiger partial charge in [-0.25, -0.2) is 0 Å². The number of nitrogens with one attached hydrogen (secondary N) is 1. The van der Waals surface area contributed by atoms with E-state index in [1.807, 2.05) is 52.0 Å². The number of hydrogen-bond donors (Lipinski definition) is 1. The lowest BCUT2D eigenvalue weighted by Crippen LogP contribution is -2.40. The number of aryl methyl sites for hydroxylation is 1. The number of carbonyl (C=O) groups is 1. The number of aromatic nitrogens is 1. The quantitative estimate of drug-likeness (QED) is 0.900. The molecule has 1 aromatic heterocycles. The highest BCUT2D eigenvalue weighted by atomic mass is 16.5. The van der Waals surface area contributed by atoms with E-state index >= 15 is 0 Å². The first kappa shape index (κ1) is 13.3. The van der Waals surface area contributed by atoms with Gasteiger partial charge in [0, 0.05) is 17.2 Å². The van der Waals surface area contributed by atoms with E-state index in [4.69, 9.17) is 4.52 Å². The van der Waals surface area contributed by atoms with Crippen LogP contribution in [0.15, 0.2) is 34.9 Å². The normalized spacial score (nSPS) is 11.4. The Kier molecular flexibility index (Phi) is 3.42. The van der Waals surface area contributed by atoms with Gasteiger partial charge >= 0.3 is 0 Å². The molecule has 0 fully saturated rings. The van der Waals surface area contributed by atoms with E-state index in [1.165, 1.54) is 5.56 Å². The molecule has 0 bridgehead atoms. The Labute approximate surface area is 112 Å². The Morgan fingerprint density at radius 3 is 2.42 bits per heavy atom. The van der Waals surface area contributed by atoms with Crippen molar-refractivity contribution in [2.75, 3.05) is 0 Å². The molecule has 1 amide bonds. The molecule has 2 rings (SSSR count). The molecule has 0 atom stereocenters. The second-order valence-corrected chi connectivity index (χ2v) is 5.65. The summed E-state index contributed by atoms with van der Waals surface area (Å²) < 4.78 is 5.09. The molecular formula is C15H18N2O2. The van der Waals surface area contributed by atoms with Crippen molar-refractivity contribution in [2.24, 2.45) is 0 Å². The molecule has 0 aliphatic heterocycles. The molecule has 0 aliphatic carbocycles. The number of rotatable bonds is 2. The standard InChI is InChI=1S/C15H18N2O2/c1-10-5-7-11(8-6-10)12-9-13(19-17-12)14(18)16-15(2,3)4/h5-9H,1-4H3,(H,16,18). The van der Waals surface area contributed by atoms with Crippen LogP contribution in [0, 0.1) is 6.92 Å². The Balaban J connectivity index is 2.19. The summed E-state index contributed by atoms with van der Waals surface area (Å²) >= 11 is 0. The number of amides is 1. The van der Waals surface area contributed by atoms with Gasteiger partial charge in [0.25, 0.3) is 5.91 Å². The van der Waals surface area contributed by atoms with Crippen molar-refractivity contribution in [1.29, 1.82) is 0 Å². The molecule has 2 aromatic rings. The summed E-state index contributed by atoms with van der Waals surface area (Å²) in [6.45, 7) is 7.78. The minimum absolute atomic E-state index is 0.227. The second-order valence-electron chi connectivity index (χ2n) is 5.65. The molecule has 0 saturated heterocycles. The van der Waals surface area contributed by atoms with Crippen LogP contribution >= 0.6 is 0 Å². The van der Waals surface area contributed by atoms with Crippen molar-refractivity contribution in [3.63, 3.8) is 0 Å². The third-order valence-corrected chi connectivity index (χ3v) is 2.57. The van der Waals surface area contributed by atoms with Crippen molar-refractivity contribution in [2.45, 2.75) is 33.2 Å². The highest BCUT2D eigenvalue weighted by Gasteiger charge is 2.19. The summed E-state index contributed by atoms with van der Waals surface area (Å²) in [5.74, 6) is -0.0242. The lowest BCUT2D eigenvalue weighted by Gasteiger charge is -2.18. The molecule has 0 saturated carbocycles. The molecule has 4 nitrogen and oxygen atoms in total. The fraction of sp³-hybridized carbons (Fsp3) is 0.333. The van der Waals surface area contributed by atoms with E-state index in [0.717, 1.165) is 5.56 Å². The molecule has 100 valence electrons. The van der Waals surface area contributed by atoms with E-state index in [-0.39, 0.29) is 17.2 Å². The van der Waals surface area contributed by atoms with Crippen LogP contribution < -0.4 is 5.32 Å².